The van der Waals surface area contributed by atoms with Crippen LogP contribution in [0.1, 0.15) is 387 Å². The Morgan fingerprint density at radius 3 is 0.676 bits per heavy atom. The maximum absolute atomic E-state index is 12.9. The van der Waals surface area contributed by atoms with Gasteiger partial charge in [-0.15, -0.1) is 0 Å². The van der Waals surface area contributed by atoms with Gasteiger partial charge >= 0.3 is 17.9 Å². The number of esters is 3. The normalized spacial score (nSPS) is 12.0. The van der Waals surface area contributed by atoms with Crippen molar-refractivity contribution in [1.29, 1.82) is 0 Å². The Morgan fingerprint density at radius 1 is 0.257 bits per heavy atom. The fraction of sp³-hybridized carbons (Fsp3) is 0.926. The lowest BCUT2D eigenvalue weighted by atomic mass is 10.0. The first-order chi connectivity index (χ1) is 36.5. The van der Waals surface area contributed by atoms with E-state index in [9.17, 15) is 14.4 Å². The Bertz CT molecular complexity index is 1150. The molecule has 0 amide bonds. The van der Waals surface area contributed by atoms with Crippen LogP contribution in [0.15, 0.2) is 12.2 Å². The van der Waals surface area contributed by atoms with Crippen LogP contribution < -0.4 is 0 Å². The SMILES string of the molecule is CCCCCCCC/C=C\CCCCCCCCCC(=O)OC(COC(=O)CCCCCCCCCCCCCCCCCC)COC(=O)CCCCCCCCCCCCCCCCCCCCCCCCC. The number of carbonyl (C=O) groups excluding carboxylic acids is 3. The van der Waals surface area contributed by atoms with Crippen LogP contribution in [0.2, 0.25) is 0 Å². The largest absolute Gasteiger partial charge is 0.462 e. The summed E-state index contributed by atoms with van der Waals surface area (Å²) in [5, 5.41) is 0. The first kappa shape index (κ1) is 72.2. The molecule has 0 fully saturated rings. The van der Waals surface area contributed by atoms with Crippen molar-refractivity contribution in [2.24, 2.45) is 0 Å². The fourth-order valence-electron chi connectivity index (χ4n) is 10.4. The molecule has 0 aliphatic heterocycles. The van der Waals surface area contributed by atoms with Crippen LogP contribution in [0.5, 0.6) is 0 Å². The predicted octanol–water partition coefficient (Wildman–Crippen LogP) is 22.8. The average Bonchev–Trinajstić information content (AvgIpc) is 3.40. The highest BCUT2D eigenvalue weighted by Crippen LogP contribution is 2.19. The van der Waals surface area contributed by atoms with Gasteiger partial charge in [-0.3, -0.25) is 14.4 Å². The lowest BCUT2D eigenvalue weighted by Crippen LogP contribution is -2.30. The van der Waals surface area contributed by atoms with Gasteiger partial charge in [-0.1, -0.05) is 335 Å². The molecule has 0 aromatic carbocycles. The van der Waals surface area contributed by atoms with E-state index in [0.717, 1.165) is 57.8 Å². The molecule has 0 aliphatic rings. The van der Waals surface area contributed by atoms with Crippen molar-refractivity contribution in [3.05, 3.63) is 12.2 Å². The summed E-state index contributed by atoms with van der Waals surface area (Å²) in [5.41, 5.74) is 0. The Hall–Kier alpha value is -1.85. The molecule has 6 nitrogen and oxygen atoms in total. The van der Waals surface area contributed by atoms with Crippen molar-refractivity contribution < 1.29 is 28.6 Å². The molecule has 6 heteroatoms. The molecule has 0 bridgehead atoms. The minimum absolute atomic E-state index is 0.0650. The first-order valence-electron chi connectivity index (χ1n) is 33.7. The molecule has 0 heterocycles. The molecule has 0 rings (SSSR count). The highest BCUT2D eigenvalue weighted by atomic mass is 16.6. The summed E-state index contributed by atoms with van der Waals surface area (Å²) in [7, 11) is 0. The smallest absolute Gasteiger partial charge is 0.306 e. The van der Waals surface area contributed by atoms with Crippen LogP contribution in [0.4, 0.5) is 0 Å². The van der Waals surface area contributed by atoms with Crippen molar-refractivity contribution in [1.82, 2.24) is 0 Å². The standard InChI is InChI=1S/C68H130O6/c1-4-7-10-13-16-19-22-25-28-31-32-33-34-35-36-38-40-43-46-49-52-55-58-61-67(70)73-64-65(63-72-66(69)60-57-54-51-48-45-42-39-30-27-24-21-18-15-12-9-6-3)74-68(71)62-59-56-53-50-47-44-41-37-29-26-23-20-17-14-11-8-5-2/h26,29,65H,4-25,27-28,30-64H2,1-3H3/b29-26-. The second-order valence-corrected chi connectivity index (χ2v) is 23.1. The molecule has 74 heavy (non-hydrogen) atoms. The summed E-state index contributed by atoms with van der Waals surface area (Å²) in [5.74, 6) is -0.836. The summed E-state index contributed by atoms with van der Waals surface area (Å²) < 4.78 is 17.0. The van der Waals surface area contributed by atoms with E-state index < -0.39 is 6.10 Å². The van der Waals surface area contributed by atoms with Crippen LogP contribution >= 0.6 is 0 Å². The zero-order valence-electron chi connectivity index (χ0n) is 50.4. The Balaban J connectivity index is 4.26. The van der Waals surface area contributed by atoms with Gasteiger partial charge in [-0.25, -0.2) is 0 Å². The molecule has 0 saturated carbocycles. The fourth-order valence-corrected chi connectivity index (χ4v) is 10.4. The third-order valence-electron chi connectivity index (χ3n) is 15.5. The maximum atomic E-state index is 12.9. The number of hydrogen-bond acceptors (Lipinski definition) is 6. The third kappa shape index (κ3) is 61.0. The Morgan fingerprint density at radius 2 is 0.446 bits per heavy atom. The van der Waals surface area contributed by atoms with E-state index in [4.69, 9.17) is 14.2 Å². The van der Waals surface area contributed by atoms with Crippen LogP contribution in [0, 0.1) is 0 Å². The van der Waals surface area contributed by atoms with E-state index >= 15 is 0 Å². The number of unbranched alkanes of at least 4 members (excludes halogenated alkanes) is 50. The summed E-state index contributed by atoms with van der Waals surface area (Å²) in [6.45, 7) is 6.72. The van der Waals surface area contributed by atoms with E-state index in [2.05, 4.69) is 32.9 Å². The van der Waals surface area contributed by atoms with Gasteiger partial charge in [0.1, 0.15) is 13.2 Å². The van der Waals surface area contributed by atoms with Crippen molar-refractivity contribution >= 4 is 17.9 Å². The molecule has 0 aromatic rings. The van der Waals surface area contributed by atoms with Gasteiger partial charge in [0.15, 0.2) is 6.10 Å². The van der Waals surface area contributed by atoms with Gasteiger partial charge in [0.25, 0.3) is 0 Å². The molecule has 0 aliphatic carbocycles. The molecular weight excluding hydrogens is 913 g/mol. The predicted molar refractivity (Wildman–Crippen MR) is 321 cm³/mol. The Kier molecular flexibility index (Phi) is 62.1. The zero-order chi connectivity index (χ0) is 53.6. The quantitative estimate of drug-likeness (QED) is 0.0261. The second-order valence-electron chi connectivity index (χ2n) is 23.1. The molecule has 1 atom stereocenters. The van der Waals surface area contributed by atoms with Crippen LogP contribution in [0.25, 0.3) is 0 Å². The van der Waals surface area contributed by atoms with Crippen molar-refractivity contribution in [2.45, 2.75) is 393 Å². The number of hydrogen-bond donors (Lipinski definition) is 0. The van der Waals surface area contributed by atoms with E-state index in [-0.39, 0.29) is 31.1 Å². The van der Waals surface area contributed by atoms with Crippen LogP contribution in [-0.2, 0) is 28.6 Å². The lowest BCUT2D eigenvalue weighted by Gasteiger charge is -2.18. The third-order valence-corrected chi connectivity index (χ3v) is 15.5. The molecular formula is C68H130O6. The van der Waals surface area contributed by atoms with E-state index in [1.54, 1.807) is 0 Å². The summed E-state index contributed by atoms with van der Waals surface area (Å²) in [6, 6.07) is 0. The van der Waals surface area contributed by atoms with Gasteiger partial charge in [0.2, 0.25) is 0 Å². The maximum Gasteiger partial charge on any atom is 0.306 e. The van der Waals surface area contributed by atoms with Gasteiger partial charge in [-0.05, 0) is 44.9 Å². The highest BCUT2D eigenvalue weighted by molar-refractivity contribution is 5.71. The second kappa shape index (κ2) is 63.7. The number of rotatable bonds is 63. The number of carbonyl (C=O) groups is 3. The number of allylic oxidation sites excluding steroid dienone is 2. The number of ether oxygens (including phenoxy) is 3. The van der Waals surface area contributed by atoms with Crippen molar-refractivity contribution in [2.75, 3.05) is 13.2 Å². The summed E-state index contributed by atoms with van der Waals surface area (Å²) in [6.07, 6.45) is 75.1. The molecule has 0 radical (unpaired) electrons. The minimum Gasteiger partial charge on any atom is -0.462 e. The van der Waals surface area contributed by atoms with Crippen molar-refractivity contribution in [3.8, 4) is 0 Å². The summed E-state index contributed by atoms with van der Waals surface area (Å²) >= 11 is 0. The van der Waals surface area contributed by atoms with Gasteiger partial charge in [0, 0.05) is 19.3 Å². The molecule has 1 unspecified atom stereocenters. The average molecular weight is 1040 g/mol. The molecule has 0 saturated heterocycles. The van der Waals surface area contributed by atoms with Crippen LogP contribution in [-0.4, -0.2) is 37.2 Å². The van der Waals surface area contributed by atoms with Crippen LogP contribution in [0.3, 0.4) is 0 Å². The first-order valence-corrected chi connectivity index (χ1v) is 33.7. The minimum atomic E-state index is -0.768. The monoisotopic (exact) mass is 1040 g/mol. The molecule has 438 valence electrons. The molecule has 0 spiro atoms. The molecule has 0 aromatic heterocycles. The lowest BCUT2D eigenvalue weighted by molar-refractivity contribution is -0.167. The topological polar surface area (TPSA) is 78.9 Å². The van der Waals surface area contributed by atoms with E-state index in [0.29, 0.717) is 19.3 Å². The zero-order valence-corrected chi connectivity index (χ0v) is 50.4. The van der Waals surface area contributed by atoms with E-state index in [1.807, 2.05) is 0 Å². The van der Waals surface area contributed by atoms with Gasteiger partial charge in [-0.2, -0.15) is 0 Å². The Labute approximate surface area is 462 Å². The van der Waals surface area contributed by atoms with Gasteiger partial charge < -0.3 is 14.2 Å². The van der Waals surface area contributed by atoms with Crippen molar-refractivity contribution in [3.63, 3.8) is 0 Å². The van der Waals surface area contributed by atoms with Gasteiger partial charge in [0.05, 0.1) is 0 Å². The highest BCUT2D eigenvalue weighted by Gasteiger charge is 2.19. The summed E-state index contributed by atoms with van der Waals surface area (Å²) in [4.78, 5) is 38.4. The van der Waals surface area contributed by atoms with E-state index in [1.165, 1.54) is 289 Å². The molecule has 0 N–H and O–H groups in total.